The van der Waals surface area contributed by atoms with Crippen molar-refractivity contribution in [3.05, 3.63) is 28.5 Å². The molecular weight excluding hydrogens is 258 g/mol. The number of carboxylic acid groups (broad SMARTS) is 1. The molecule has 0 saturated heterocycles. The van der Waals surface area contributed by atoms with Gasteiger partial charge in [-0.3, -0.25) is 4.79 Å². The summed E-state index contributed by atoms with van der Waals surface area (Å²) in [7, 11) is 0. The molecule has 1 fully saturated rings. The molecule has 1 N–H and O–H groups in total. The zero-order chi connectivity index (χ0) is 10.9. The van der Waals surface area contributed by atoms with Crippen molar-refractivity contribution in [2.24, 2.45) is 0 Å². The van der Waals surface area contributed by atoms with Gasteiger partial charge >= 0.3 is 5.97 Å². The fourth-order valence-electron chi connectivity index (χ4n) is 2.15. The lowest BCUT2D eigenvalue weighted by molar-refractivity contribution is -0.139. The molecule has 1 saturated carbocycles. The molecule has 0 aliphatic heterocycles. The van der Waals surface area contributed by atoms with E-state index in [9.17, 15) is 4.79 Å². The quantitative estimate of drug-likeness (QED) is 0.859. The lowest BCUT2D eigenvalue weighted by Crippen LogP contribution is -2.36. The standard InChI is InChI=1S/C11H12BrNO2/c12-9-3-2-8(7-13-9)11(4-1-5-11)6-10(14)15/h2-3,7H,1,4-6H2,(H,14,15). The Hall–Kier alpha value is -0.900. The van der Waals surface area contributed by atoms with Crippen LogP contribution in [0, 0.1) is 0 Å². The van der Waals surface area contributed by atoms with Crippen LogP contribution >= 0.6 is 15.9 Å². The number of hydrogen-bond donors (Lipinski definition) is 1. The molecule has 0 spiro atoms. The average Bonchev–Trinajstić information content (AvgIpc) is 2.13. The highest BCUT2D eigenvalue weighted by Crippen LogP contribution is 2.46. The van der Waals surface area contributed by atoms with Gasteiger partial charge in [-0.05, 0) is 40.4 Å². The molecule has 2 rings (SSSR count). The summed E-state index contributed by atoms with van der Waals surface area (Å²) >= 11 is 3.28. The Balaban J connectivity index is 2.26. The molecule has 0 radical (unpaired) electrons. The smallest absolute Gasteiger partial charge is 0.304 e. The summed E-state index contributed by atoms with van der Waals surface area (Å²) < 4.78 is 0.788. The Morgan fingerprint density at radius 3 is 2.67 bits per heavy atom. The number of pyridine rings is 1. The highest BCUT2D eigenvalue weighted by molar-refractivity contribution is 9.10. The zero-order valence-corrected chi connectivity index (χ0v) is 9.83. The Bertz CT molecular complexity index is 371. The van der Waals surface area contributed by atoms with E-state index in [0.717, 1.165) is 29.4 Å². The summed E-state index contributed by atoms with van der Waals surface area (Å²) in [5.74, 6) is -0.724. The molecule has 0 amide bonds. The molecule has 1 heterocycles. The van der Waals surface area contributed by atoms with Gasteiger partial charge in [0.15, 0.2) is 0 Å². The highest BCUT2D eigenvalue weighted by Gasteiger charge is 2.40. The molecular formula is C11H12BrNO2. The topological polar surface area (TPSA) is 50.2 Å². The monoisotopic (exact) mass is 269 g/mol. The third-order valence-corrected chi connectivity index (χ3v) is 3.61. The van der Waals surface area contributed by atoms with Crippen LogP contribution in [0.15, 0.2) is 22.9 Å². The summed E-state index contributed by atoms with van der Waals surface area (Å²) in [4.78, 5) is 15.0. The first-order chi connectivity index (χ1) is 7.12. The fraction of sp³-hybridized carbons (Fsp3) is 0.455. The number of hydrogen-bond acceptors (Lipinski definition) is 2. The van der Waals surface area contributed by atoms with E-state index in [0.29, 0.717) is 0 Å². The summed E-state index contributed by atoms with van der Waals surface area (Å²) in [5.41, 5.74) is 0.902. The second-order valence-corrected chi connectivity index (χ2v) is 4.89. The third kappa shape index (κ3) is 2.04. The summed E-state index contributed by atoms with van der Waals surface area (Å²) in [6.07, 6.45) is 5.04. The van der Waals surface area contributed by atoms with Crippen molar-refractivity contribution in [2.45, 2.75) is 31.1 Å². The lowest BCUT2D eigenvalue weighted by atomic mass is 9.63. The lowest BCUT2D eigenvalue weighted by Gasteiger charge is -2.41. The van der Waals surface area contributed by atoms with Gasteiger partial charge in [0, 0.05) is 11.6 Å². The minimum absolute atomic E-state index is 0.153. The fourth-order valence-corrected chi connectivity index (χ4v) is 2.38. The van der Waals surface area contributed by atoms with Gasteiger partial charge in [-0.15, -0.1) is 0 Å². The summed E-state index contributed by atoms with van der Waals surface area (Å²) in [6, 6.07) is 3.84. The number of carboxylic acids is 1. The van der Waals surface area contributed by atoms with Gasteiger partial charge in [0.1, 0.15) is 4.60 Å². The molecule has 0 aromatic carbocycles. The van der Waals surface area contributed by atoms with Gasteiger partial charge in [-0.1, -0.05) is 12.5 Å². The van der Waals surface area contributed by atoms with E-state index >= 15 is 0 Å². The molecule has 4 heteroatoms. The highest BCUT2D eigenvalue weighted by atomic mass is 79.9. The van der Waals surface area contributed by atoms with Gasteiger partial charge in [-0.2, -0.15) is 0 Å². The Morgan fingerprint density at radius 2 is 2.27 bits per heavy atom. The van der Waals surface area contributed by atoms with Gasteiger partial charge in [0.2, 0.25) is 0 Å². The number of halogens is 1. The van der Waals surface area contributed by atoms with Crippen molar-refractivity contribution >= 4 is 21.9 Å². The van der Waals surface area contributed by atoms with E-state index in [1.54, 1.807) is 6.20 Å². The van der Waals surface area contributed by atoms with Crippen molar-refractivity contribution < 1.29 is 9.90 Å². The minimum atomic E-state index is -0.724. The Labute approximate surface area is 96.7 Å². The summed E-state index contributed by atoms with van der Waals surface area (Å²) in [6.45, 7) is 0. The Kier molecular flexibility index (Phi) is 2.78. The number of carbonyl (C=O) groups is 1. The molecule has 80 valence electrons. The average molecular weight is 270 g/mol. The van der Waals surface area contributed by atoms with Crippen LogP contribution in [0.3, 0.4) is 0 Å². The van der Waals surface area contributed by atoms with E-state index in [4.69, 9.17) is 5.11 Å². The zero-order valence-electron chi connectivity index (χ0n) is 8.24. The van der Waals surface area contributed by atoms with Gasteiger partial charge in [-0.25, -0.2) is 4.98 Å². The van der Waals surface area contributed by atoms with Crippen LogP contribution < -0.4 is 0 Å². The maximum Gasteiger partial charge on any atom is 0.304 e. The van der Waals surface area contributed by atoms with Crippen LogP contribution in [0.2, 0.25) is 0 Å². The van der Waals surface area contributed by atoms with Crippen molar-refractivity contribution in [1.82, 2.24) is 4.98 Å². The first-order valence-corrected chi connectivity index (χ1v) is 5.76. The maximum atomic E-state index is 10.8. The molecule has 1 aliphatic rings. The van der Waals surface area contributed by atoms with Crippen molar-refractivity contribution in [2.75, 3.05) is 0 Å². The molecule has 1 aromatic rings. The predicted molar refractivity (Wildman–Crippen MR) is 59.7 cm³/mol. The molecule has 1 aromatic heterocycles. The van der Waals surface area contributed by atoms with E-state index < -0.39 is 5.97 Å². The molecule has 3 nitrogen and oxygen atoms in total. The second kappa shape index (κ2) is 3.93. The van der Waals surface area contributed by atoms with E-state index in [1.165, 1.54) is 0 Å². The first-order valence-electron chi connectivity index (χ1n) is 4.96. The predicted octanol–water partition coefficient (Wildman–Crippen LogP) is 2.74. The largest absolute Gasteiger partial charge is 0.481 e. The van der Waals surface area contributed by atoms with Crippen LogP contribution in [0.25, 0.3) is 0 Å². The van der Waals surface area contributed by atoms with E-state index in [1.807, 2.05) is 12.1 Å². The molecule has 0 unspecified atom stereocenters. The van der Waals surface area contributed by atoms with Crippen LogP contribution in [-0.2, 0) is 10.2 Å². The molecule has 0 bridgehead atoms. The number of nitrogens with zero attached hydrogens (tertiary/aromatic N) is 1. The van der Waals surface area contributed by atoms with Crippen molar-refractivity contribution in [3.8, 4) is 0 Å². The molecule has 15 heavy (non-hydrogen) atoms. The maximum absolute atomic E-state index is 10.8. The van der Waals surface area contributed by atoms with E-state index in [2.05, 4.69) is 20.9 Å². The molecule has 1 aliphatic carbocycles. The van der Waals surface area contributed by atoms with Crippen LogP contribution in [0.1, 0.15) is 31.2 Å². The number of aliphatic carboxylic acids is 1. The number of rotatable bonds is 3. The first kappa shape index (κ1) is 10.6. The van der Waals surface area contributed by atoms with Crippen LogP contribution in [0.4, 0.5) is 0 Å². The normalized spacial score (nSPS) is 18.2. The van der Waals surface area contributed by atoms with Crippen LogP contribution in [0.5, 0.6) is 0 Å². The summed E-state index contributed by atoms with van der Waals surface area (Å²) in [5, 5.41) is 8.90. The van der Waals surface area contributed by atoms with Gasteiger partial charge in [0.05, 0.1) is 6.42 Å². The molecule has 0 atom stereocenters. The minimum Gasteiger partial charge on any atom is -0.481 e. The Morgan fingerprint density at radius 1 is 1.53 bits per heavy atom. The van der Waals surface area contributed by atoms with Gasteiger partial charge < -0.3 is 5.11 Å². The van der Waals surface area contributed by atoms with Crippen molar-refractivity contribution in [1.29, 1.82) is 0 Å². The van der Waals surface area contributed by atoms with E-state index in [-0.39, 0.29) is 11.8 Å². The van der Waals surface area contributed by atoms with Gasteiger partial charge in [0.25, 0.3) is 0 Å². The second-order valence-electron chi connectivity index (χ2n) is 4.07. The number of aromatic nitrogens is 1. The van der Waals surface area contributed by atoms with Crippen molar-refractivity contribution in [3.63, 3.8) is 0 Å². The SMILES string of the molecule is O=C(O)CC1(c2ccc(Br)nc2)CCC1. The third-order valence-electron chi connectivity index (χ3n) is 3.14. The van der Waals surface area contributed by atoms with Crippen LogP contribution in [-0.4, -0.2) is 16.1 Å².